The largest absolute Gasteiger partial charge is 0.475 e. The van der Waals surface area contributed by atoms with Gasteiger partial charge >= 0.3 is 12.1 Å². The molecule has 1 unspecified atom stereocenters. The third-order valence-corrected chi connectivity index (χ3v) is 1.72. The maximum atomic E-state index is 12.3. The summed E-state index contributed by atoms with van der Waals surface area (Å²) in [6.07, 6.45) is -3.07. The molecule has 0 aromatic rings. The van der Waals surface area contributed by atoms with Crippen molar-refractivity contribution in [2.75, 3.05) is 13.2 Å². The first-order valence-electron chi connectivity index (χ1n) is 3.89. The van der Waals surface area contributed by atoms with E-state index >= 15 is 0 Å². The molecule has 1 N–H and O–H groups in total. The van der Waals surface area contributed by atoms with Gasteiger partial charge in [0, 0.05) is 6.61 Å². The first-order chi connectivity index (χ1) is 6.02. The van der Waals surface area contributed by atoms with Crippen molar-refractivity contribution in [3.05, 3.63) is 0 Å². The van der Waals surface area contributed by atoms with Gasteiger partial charge in [0.1, 0.15) is 0 Å². The monoisotopic (exact) mass is 196 g/mol. The zero-order valence-electron chi connectivity index (χ0n) is 6.83. The van der Waals surface area contributed by atoms with E-state index in [9.17, 15) is 13.6 Å². The summed E-state index contributed by atoms with van der Waals surface area (Å²) in [5, 5.41) is 8.00. The Morgan fingerprint density at radius 3 is 2.85 bits per heavy atom. The Morgan fingerprint density at radius 1 is 1.69 bits per heavy atom. The molecule has 0 aromatic carbocycles. The normalized spacial score (nSPS) is 23.4. The fraction of sp³-hybridized carbons (Fsp3) is 0.857. The van der Waals surface area contributed by atoms with Crippen LogP contribution in [0.1, 0.15) is 12.8 Å². The molecule has 1 atom stereocenters. The molecule has 0 bridgehead atoms. The van der Waals surface area contributed by atoms with E-state index in [-0.39, 0.29) is 6.61 Å². The molecule has 13 heavy (non-hydrogen) atoms. The van der Waals surface area contributed by atoms with Crippen molar-refractivity contribution in [2.24, 2.45) is 0 Å². The number of carboxylic acids is 1. The molecule has 1 heterocycles. The summed E-state index contributed by atoms with van der Waals surface area (Å²) >= 11 is 0. The Balaban J connectivity index is 2.28. The van der Waals surface area contributed by atoms with E-state index in [1.165, 1.54) is 0 Å². The third-order valence-electron chi connectivity index (χ3n) is 1.72. The van der Waals surface area contributed by atoms with Crippen molar-refractivity contribution >= 4 is 5.97 Å². The molecule has 76 valence electrons. The van der Waals surface area contributed by atoms with Crippen molar-refractivity contribution in [2.45, 2.75) is 25.1 Å². The number of alkyl halides is 2. The summed E-state index contributed by atoms with van der Waals surface area (Å²) in [6, 6.07) is 0. The van der Waals surface area contributed by atoms with Crippen LogP contribution in [0.25, 0.3) is 0 Å². The molecule has 1 fully saturated rings. The average molecular weight is 196 g/mol. The van der Waals surface area contributed by atoms with Crippen LogP contribution in [0.5, 0.6) is 0 Å². The van der Waals surface area contributed by atoms with Gasteiger partial charge in [-0.25, -0.2) is 4.79 Å². The lowest BCUT2D eigenvalue weighted by atomic mass is 10.2. The molecular weight excluding hydrogens is 186 g/mol. The number of carbonyl (C=O) groups is 1. The van der Waals surface area contributed by atoms with Crippen molar-refractivity contribution in [1.29, 1.82) is 0 Å². The predicted octanol–water partition coefficient (Wildman–Crippen LogP) is 0.859. The number of hydrogen-bond donors (Lipinski definition) is 1. The molecule has 0 radical (unpaired) electrons. The minimum atomic E-state index is -4.11. The molecule has 1 aliphatic rings. The number of ether oxygens (including phenoxy) is 2. The number of aliphatic carboxylic acids is 1. The quantitative estimate of drug-likeness (QED) is 0.724. The van der Waals surface area contributed by atoms with Crippen LogP contribution in [0.2, 0.25) is 0 Å². The Labute approximate surface area is 73.4 Å². The maximum Gasteiger partial charge on any atom is 0.456 e. The van der Waals surface area contributed by atoms with Gasteiger partial charge in [-0.1, -0.05) is 0 Å². The SMILES string of the molecule is O=C(O)C(F)(F)OCC1CCCO1. The van der Waals surface area contributed by atoms with E-state index in [1.54, 1.807) is 0 Å². The first-order valence-corrected chi connectivity index (χ1v) is 3.89. The number of rotatable bonds is 4. The summed E-state index contributed by atoms with van der Waals surface area (Å²) in [6.45, 7) is 0.145. The molecule has 6 heteroatoms. The molecular formula is C7H10F2O4. The van der Waals surface area contributed by atoms with Crippen molar-refractivity contribution in [3.8, 4) is 0 Å². The van der Waals surface area contributed by atoms with Crippen LogP contribution in [0, 0.1) is 0 Å². The van der Waals surface area contributed by atoms with E-state index in [0.717, 1.165) is 6.42 Å². The van der Waals surface area contributed by atoms with E-state index in [0.29, 0.717) is 13.0 Å². The average Bonchev–Trinajstić information content (AvgIpc) is 2.52. The number of carboxylic acid groups (broad SMARTS) is 1. The standard InChI is InChI=1S/C7H10F2O4/c8-7(9,6(10)11)13-4-5-2-1-3-12-5/h5H,1-4H2,(H,10,11). The van der Waals surface area contributed by atoms with Gasteiger partial charge in [0.15, 0.2) is 0 Å². The highest BCUT2D eigenvalue weighted by Gasteiger charge is 2.41. The molecule has 0 saturated carbocycles. The molecule has 1 aliphatic heterocycles. The lowest BCUT2D eigenvalue weighted by Crippen LogP contribution is -2.34. The highest BCUT2D eigenvalue weighted by molar-refractivity contribution is 5.73. The summed E-state index contributed by atoms with van der Waals surface area (Å²) in [5.74, 6) is -2.27. The highest BCUT2D eigenvalue weighted by atomic mass is 19.3. The van der Waals surface area contributed by atoms with Gasteiger partial charge in [-0.2, -0.15) is 8.78 Å². The molecule has 0 aromatic heterocycles. The minimum Gasteiger partial charge on any atom is -0.475 e. The highest BCUT2D eigenvalue weighted by Crippen LogP contribution is 2.19. The molecule has 0 spiro atoms. The van der Waals surface area contributed by atoms with Crippen molar-refractivity contribution in [1.82, 2.24) is 0 Å². The molecule has 4 nitrogen and oxygen atoms in total. The summed E-state index contributed by atoms with van der Waals surface area (Å²) in [4.78, 5) is 9.91. The van der Waals surface area contributed by atoms with Gasteiger partial charge in [-0.15, -0.1) is 0 Å². The fourth-order valence-corrected chi connectivity index (χ4v) is 1.04. The topological polar surface area (TPSA) is 55.8 Å². The van der Waals surface area contributed by atoms with E-state index in [1.807, 2.05) is 0 Å². The van der Waals surface area contributed by atoms with E-state index in [4.69, 9.17) is 9.84 Å². The van der Waals surface area contributed by atoms with Crippen LogP contribution in [0.4, 0.5) is 8.78 Å². The van der Waals surface area contributed by atoms with Crippen LogP contribution < -0.4 is 0 Å². The molecule has 0 amide bonds. The van der Waals surface area contributed by atoms with Gasteiger partial charge in [0.05, 0.1) is 12.7 Å². The summed E-state index contributed by atoms with van der Waals surface area (Å²) in [7, 11) is 0. The van der Waals surface area contributed by atoms with Gasteiger partial charge in [-0.3, -0.25) is 0 Å². The zero-order chi connectivity index (χ0) is 9.90. The second-order valence-electron chi connectivity index (χ2n) is 2.77. The van der Waals surface area contributed by atoms with Gasteiger partial charge in [0.25, 0.3) is 0 Å². The van der Waals surface area contributed by atoms with Crippen LogP contribution in [0.3, 0.4) is 0 Å². The lowest BCUT2D eigenvalue weighted by Gasteiger charge is -2.14. The zero-order valence-corrected chi connectivity index (χ0v) is 6.83. The smallest absolute Gasteiger partial charge is 0.456 e. The lowest BCUT2D eigenvalue weighted by molar-refractivity contribution is -0.252. The second kappa shape index (κ2) is 3.97. The molecule has 0 aliphatic carbocycles. The van der Waals surface area contributed by atoms with Crippen LogP contribution >= 0.6 is 0 Å². The Hall–Kier alpha value is -0.750. The van der Waals surface area contributed by atoms with Crippen molar-refractivity contribution in [3.63, 3.8) is 0 Å². The Bertz CT molecular complexity index is 189. The Morgan fingerprint density at radius 2 is 2.38 bits per heavy atom. The Kier molecular flexibility index (Phi) is 3.16. The number of hydrogen-bond acceptors (Lipinski definition) is 3. The number of halogens is 2. The van der Waals surface area contributed by atoms with Crippen LogP contribution in [-0.4, -0.2) is 36.5 Å². The molecule has 1 saturated heterocycles. The van der Waals surface area contributed by atoms with Gasteiger partial charge in [0.2, 0.25) is 0 Å². The summed E-state index contributed by atoms with van der Waals surface area (Å²) < 4.78 is 33.5. The van der Waals surface area contributed by atoms with Crippen molar-refractivity contribution < 1.29 is 28.2 Å². The first kappa shape index (κ1) is 10.3. The van der Waals surface area contributed by atoms with E-state index < -0.39 is 18.2 Å². The van der Waals surface area contributed by atoms with Crippen LogP contribution in [0.15, 0.2) is 0 Å². The molecule has 1 rings (SSSR count). The maximum absolute atomic E-state index is 12.3. The third kappa shape index (κ3) is 2.89. The van der Waals surface area contributed by atoms with Gasteiger partial charge in [-0.05, 0) is 12.8 Å². The minimum absolute atomic E-state index is 0.376. The fourth-order valence-electron chi connectivity index (χ4n) is 1.04. The van der Waals surface area contributed by atoms with Crippen LogP contribution in [-0.2, 0) is 14.3 Å². The summed E-state index contributed by atoms with van der Waals surface area (Å²) in [5.41, 5.74) is 0. The predicted molar refractivity (Wildman–Crippen MR) is 37.5 cm³/mol. The van der Waals surface area contributed by atoms with E-state index in [2.05, 4.69) is 4.74 Å². The second-order valence-corrected chi connectivity index (χ2v) is 2.77. The van der Waals surface area contributed by atoms with Gasteiger partial charge < -0.3 is 14.6 Å².